The standard InChI is InChI=1S/C10H15N/c1-2-6-10(5-1)9-11-7-3-4-8-11/h1-2,5-6,10H,3-4,7-9H2. The lowest BCUT2D eigenvalue weighted by molar-refractivity contribution is 0.323. The average Bonchev–Trinajstić information content (AvgIpc) is 2.60. The summed E-state index contributed by atoms with van der Waals surface area (Å²) in [6.07, 6.45) is 11.7. The molecule has 60 valence electrons. The Bertz CT molecular complexity index is 163. The maximum Gasteiger partial charge on any atom is 0.00804 e. The Balaban J connectivity index is 1.80. The van der Waals surface area contributed by atoms with Gasteiger partial charge in [-0.2, -0.15) is 0 Å². The molecule has 1 heterocycles. The van der Waals surface area contributed by atoms with Gasteiger partial charge < -0.3 is 4.90 Å². The van der Waals surface area contributed by atoms with Crippen molar-refractivity contribution >= 4 is 0 Å². The lowest BCUT2D eigenvalue weighted by atomic mass is 10.1. The van der Waals surface area contributed by atoms with Crippen LogP contribution in [0.4, 0.5) is 0 Å². The van der Waals surface area contributed by atoms with E-state index in [9.17, 15) is 0 Å². The van der Waals surface area contributed by atoms with Gasteiger partial charge in [-0.15, -0.1) is 0 Å². The summed E-state index contributed by atoms with van der Waals surface area (Å²) in [5, 5.41) is 0. The summed E-state index contributed by atoms with van der Waals surface area (Å²) >= 11 is 0. The minimum Gasteiger partial charge on any atom is -0.302 e. The third-order valence-corrected chi connectivity index (χ3v) is 2.50. The van der Waals surface area contributed by atoms with E-state index in [-0.39, 0.29) is 0 Å². The van der Waals surface area contributed by atoms with Crippen molar-refractivity contribution in [2.24, 2.45) is 5.92 Å². The molecule has 2 aliphatic rings. The quantitative estimate of drug-likeness (QED) is 0.579. The molecule has 0 aromatic carbocycles. The highest BCUT2D eigenvalue weighted by Gasteiger charge is 2.14. The number of hydrogen-bond donors (Lipinski definition) is 0. The van der Waals surface area contributed by atoms with Crippen molar-refractivity contribution in [2.45, 2.75) is 12.8 Å². The predicted octanol–water partition coefficient (Wildman–Crippen LogP) is 1.82. The smallest absolute Gasteiger partial charge is 0.00804 e. The van der Waals surface area contributed by atoms with E-state index in [0.717, 1.165) is 0 Å². The van der Waals surface area contributed by atoms with E-state index in [1.807, 2.05) is 0 Å². The molecule has 1 aliphatic heterocycles. The molecule has 0 aromatic rings. The first-order valence-electron chi connectivity index (χ1n) is 4.52. The van der Waals surface area contributed by atoms with Crippen LogP contribution in [0.5, 0.6) is 0 Å². The second-order valence-electron chi connectivity index (χ2n) is 3.44. The Labute approximate surface area is 68.4 Å². The SMILES string of the molecule is C1=CC(CN2CCCC2)C=C1. The van der Waals surface area contributed by atoms with E-state index in [0.29, 0.717) is 5.92 Å². The second kappa shape index (κ2) is 3.22. The molecule has 0 N–H and O–H groups in total. The van der Waals surface area contributed by atoms with Crippen LogP contribution < -0.4 is 0 Å². The van der Waals surface area contributed by atoms with Crippen LogP contribution in [-0.4, -0.2) is 24.5 Å². The van der Waals surface area contributed by atoms with Crippen LogP contribution in [0.15, 0.2) is 24.3 Å². The van der Waals surface area contributed by atoms with Gasteiger partial charge in [0.15, 0.2) is 0 Å². The molecule has 0 spiro atoms. The fourth-order valence-corrected chi connectivity index (χ4v) is 1.86. The van der Waals surface area contributed by atoms with E-state index in [2.05, 4.69) is 29.2 Å². The van der Waals surface area contributed by atoms with Crippen molar-refractivity contribution in [1.82, 2.24) is 4.90 Å². The largest absolute Gasteiger partial charge is 0.302 e. The maximum atomic E-state index is 2.56. The molecule has 11 heavy (non-hydrogen) atoms. The van der Waals surface area contributed by atoms with E-state index < -0.39 is 0 Å². The van der Waals surface area contributed by atoms with Gasteiger partial charge in [0.2, 0.25) is 0 Å². The molecule has 2 rings (SSSR count). The van der Waals surface area contributed by atoms with E-state index >= 15 is 0 Å². The van der Waals surface area contributed by atoms with Crippen LogP contribution in [-0.2, 0) is 0 Å². The van der Waals surface area contributed by atoms with Crippen LogP contribution in [0, 0.1) is 5.92 Å². The molecular formula is C10H15N. The van der Waals surface area contributed by atoms with Crippen LogP contribution in [0.25, 0.3) is 0 Å². The second-order valence-corrected chi connectivity index (χ2v) is 3.44. The summed E-state index contributed by atoms with van der Waals surface area (Å²) in [4.78, 5) is 2.56. The lowest BCUT2D eigenvalue weighted by Gasteiger charge is -2.16. The zero-order valence-electron chi connectivity index (χ0n) is 6.87. The summed E-state index contributed by atoms with van der Waals surface area (Å²) < 4.78 is 0. The summed E-state index contributed by atoms with van der Waals surface area (Å²) in [6, 6.07) is 0. The maximum absolute atomic E-state index is 2.56. The van der Waals surface area contributed by atoms with Gasteiger partial charge in [-0.25, -0.2) is 0 Å². The van der Waals surface area contributed by atoms with Gasteiger partial charge in [-0.1, -0.05) is 24.3 Å². The predicted molar refractivity (Wildman–Crippen MR) is 47.4 cm³/mol. The average molecular weight is 149 g/mol. The first-order chi connectivity index (χ1) is 5.45. The number of rotatable bonds is 2. The Morgan fingerprint density at radius 3 is 2.36 bits per heavy atom. The molecule has 1 aliphatic carbocycles. The molecule has 0 bridgehead atoms. The Morgan fingerprint density at radius 2 is 1.73 bits per heavy atom. The van der Waals surface area contributed by atoms with Gasteiger partial charge in [-0.05, 0) is 25.9 Å². The van der Waals surface area contributed by atoms with Crippen LogP contribution in [0.1, 0.15) is 12.8 Å². The number of likely N-dealkylation sites (tertiary alicyclic amines) is 1. The highest BCUT2D eigenvalue weighted by atomic mass is 15.1. The topological polar surface area (TPSA) is 3.24 Å². The minimum atomic E-state index is 0.702. The van der Waals surface area contributed by atoms with Crippen molar-refractivity contribution in [3.63, 3.8) is 0 Å². The Kier molecular flexibility index (Phi) is 2.08. The molecule has 0 radical (unpaired) electrons. The van der Waals surface area contributed by atoms with Crippen LogP contribution in [0.2, 0.25) is 0 Å². The Morgan fingerprint density at radius 1 is 1.09 bits per heavy atom. The van der Waals surface area contributed by atoms with Crippen molar-refractivity contribution in [2.75, 3.05) is 19.6 Å². The number of nitrogens with zero attached hydrogens (tertiary/aromatic N) is 1. The third-order valence-electron chi connectivity index (χ3n) is 2.50. The first-order valence-corrected chi connectivity index (χ1v) is 4.52. The number of allylic oxidation sites excluding steroid dienone is 2. The molecule has 0 unspecified atom stereocenters. The molecule has 0 aromatic heterocycles. The zero-order chi connectivity index (χ0) is 7.52. The first kappa shape index (κ1) is 7.11. The molecule has 0 amide bonds. The molecule has 1 heteroatoms. The molecule has 1 saturated heterocycles. The minimum absolute atomic E-state index is 0.702. The van der Waals surface area contributed by atoms with Gasteiger partial charge in [-0.3, -0.25) is 0 Å². The summed E-state index contributed by atoms with van der Waals surface area (Å²) in [7, 11) is 0. The molecule has 0 saturated carbocycles. The highest BCUT2D eigenvalue weighted by molar-refractivity contribution is 5.17. The van der Waals surface area contributed by atoms with Crippen LogP contribution in [0.3, 0.4) is 0 Å². The van der Waals surface area contributed by atoms with Gasteiger partial charge in [0, 0.05) is 12.5 Å². The van der Waals surface area contributed by atoms with E-state index in [4.69, 9.17) is 0 Å². The normalized spacial score (nSPS) is 25.5. The summed E-state index contributed by atoms with van der Waals surface area (Å²) in [6.45, 7) is 3.88. The molecule has 1 fully saturated rings. The number of hydrogen-bond acceptors (Lipinski definition) is 1. The van der Waals surface area contributed by atoms with E-state index in [1.165, 1.54) is 32.5 Å². The van der Waals surface area contributed by atoms with Crippen molar-refractivity contribution in [3.8, 4) is 0 Å². The lowest BCUT2D eigenvalue weighted by Crippen LogP contribution is -2.24. The highest BCUT2D eigenvalue weighted by Crippen LogP contribution is 2.14. The van der Waals surface area contributed by atoms with Crippen LogP contribution >= 0.6 is 0 Å². The fraction of sp³-hybridized carbons (Fsp3) is 0.600. The van der Waals surface area contributed by atoms with Gasteiger partial charge >= 0.3 is 0 Å². The van der Waals surface area contributed by atoms with Crippen molar-refractivity contribution in [3.05, 3.63) is 24.3 Å². The Hall–Kier alpha value is -0.560. The molecular weight excluding hydrogens is 134 g/mol. The molecule has 0 atom stereocenters. The monoisotopic (exact) mass is 149 g/mol. The van der Waals surface area contributed by atoms with Gasteiger partial charge in [0.05, 0.1) is 0 Å². The fourth-order valence-electron chi connectivity index (χ4n) is 1.86. The summed E-state index contributed by atoms with van der Waals surface area (Å²) in [5.41, 5.74) is 0. The third kappa shape index (κ3) is 1.72. The van der Waals surface area contributed by atoms with E-state index in [1.54, 1.807) is 0 Å². The van der Waals surface area contributed by atoms with Crippen molar-refractivity contribution < 1.29 is 0 Å². The van der Waals surface area contributed by atoms with Gasteiger partial charge in [0.1, 0.15) is 0 Å². The summed E-state index contributed by atoms with van der Waals surface area (Å²) in [5.74, 6) is 0.702. The molecule has 1 nitrogen and oxygen atoms in total. The van der Waals surface area contributed by atoms with Crippen molar-refractivity contribution in [1.29, 1.82) is 0 Å². The zero-order valence-corrected chi connectivity index (χ0v) is 6.87. The van der Waals surface area contributed by atoms with Gasteiger partial charge in [0.25, 0.3) is 0 Å².